The summed E-state index contributed by atoms with van der Waals surface area (Å²) in [6, 6.07) is 10.2. The van der Waals surface area contributed by atoms with Gasteiger partial charge in [-0.25, -0.2) is 14.2 Å². The molecule has 0 aliphatic heterocycles. The second-order valence-electron chi connectivity index (χ2n) is 4.75. The number of halogens is 2. The molecule has 1 unspecified atom stereocenters. The highest BCUT2D eigenvalue weighted by atomic mass is 19.1. The highest BCUT2D eigenvalue weighted by molar-refractivity contribution is 5.47. The van der Waals surface area contributed by atoms with Crippen molar-refractivity contribution < 1.29 is 8.78 Å². The van der Waals surface area contributed by atoms with Gasteiger partial charge >= 0.3 is 0 Å². The van der Waals surface area contributed by atoms with E-state index in [2.05, 4.69) is 5.43 Å². The molecule has 0 saturated carbocycles. The van der Waals surface area contributed by atoms with Crippen LogP contribution in [0.1, 0.15) is 17.2 Å². The third-order valence-corrected chi connectivity index (χ3v) is 3.18. The molecular formula is C15H17F2N3. The maximum atomic E-state index is 13.8. The highest BCUT2D eigenvalue weighted by Crippen LogP contribution is 2.26. The Balaban J connectivity index is 2.39. The molecule has 3 nitrogen and oxygen atoms in total. The topological polar surface area (TPSA) is 41.3 Å². The minimum absolute atomic E-state index is 0.185. The van der Waals surface area contributed by atoms with Crippen LogP contribution >= 0.6 is 0 Å². The summed E-state index contributed by atoms with van der Waals surface area (Å²) in [5.74, 6) is 4.52. The molecule has 2 aromatic carbocycles. The average Bonchev–Trinajstić information content (AvgIpc) is 2.44. The summed E-state index contributed by atoms with van der Waals surface area (Å²) in [6.45, 7) is 0. The van der Waals surface area contributed by atoms with Gasteiger partial charge in [0.15, 0.2) is 0 Å². The minimum atomic E-state index is -0.595. The molecule has 0 heterocycles. The van der Waals surface area contributed by atoms with Crippen molar-refractivity contribution in [3.63, 3.8) is 0 Å². The van der Waals surface area contributed by atoms with E-state index < -0.39 is 17.7 Å². The van der Waals surface area contributed by atoms with E-state index in [1.165, 1.54) is 0 Å². The van der Waals surface area contributed by atoms with Gasteiger partial charge < -0.3 is 4.90 Å². The van der Waals surface area contributed by atoms with Gasteiger partial charge in [-0.3, -0.25) is 5.84 Å². The Hall–Kier alpha value is -1.98. The van der Waals surface area contributed by atoms with Crippen molar-refractivity contribution in [3.05, 3.63) is 65.2 Å². The van der Waals surface area contributed by atoms with Gasteiger partial charge in [-0.2, -0.15) is 0 Å². The molecule has 5 heteroatoms. The van der Waals surface area contributed by atoms with E-state index in [1.807, 2.05) is 43.3 Å². The number of anilines is 1. The number of nitrogens with two attached hydrogens (primary N) is 1. The molecule has 0 aromatic heterocycles. The van der Waals surface area contributed by atoms with Crippen molar-refractivity contribution in [2.24, 2.45) is 5.84 Å². The Morgan fingerprint density at radius 3 is 2.25 bits per heavy atom. The Bertz CT molecular complexity index is 582. The number of nitrogens with one attached hydrogen (secondary N) is 1. The molecule has 0 spiro atoms. The molecule has 106 valence electrons. The molecule has 3 N–H and O–H groups in total. The van der Waals surface area contributed by atoms with Crippen LogP contribution in [0.2, 0.25) is 0 Å². The van der Waals surface area contributed by atoms with Crippen LogP contribution < -0.4 is 16.2 Å². The van der Waals surface area contributed by atoms with Gasteiger partial charge in [-0.15, -0.1) is 0 Å². The second kappa shape index (κ2) is 5.98. The summed E-state index contributed by atoms with van der Waals surface area (Å²) in [7, 11) is 3.86. The van der Waals surface area contributed by atoms with Crippen LogP contribution in [0.3, 0.4) is 0 Å². The molecule has 0 saturated heterocycles. The standard InChI is InChI=1S/C15H17F2N3/c1-20(2)12-6-3-10(4-7-12)15(19-18)13-9-11(16)5-8-14(13)17/h3-9,15,19H,18H2,1-2H3. The number of benzene rings is 2. The van der Waals surface area contributed by atoms with Crippen LogP contribution in [0.15, 0.2) is 42.5 Å². The molecule has 0 aliphatic carbocycles. The molecule has 2 aromatic rings. The van der Waals surface area contributed by atoms with Crippen molar-refractivity contribution in [1.82, 2.24) is 5.43 Å². The van der Waals surface area contributed by atoms with E-state index in [9.17, 15) is 8.78 Å². The van der Waals surface area contributed by atoms with E-state index in [4.69, 9.17) is 5.84 Å². The third kappa shape index (κ3) is 2.95. The first-order chi connectivity index (χ1) is 9.52. The first-order valence-electron chi connectivity index (χ1n) is 6.21. The summed E-state index contributed by atoms with van der Waals surface area (Å²) >= 11 is 0. The van der Waals surface area contributed by atoms with Crippen LogP contribution in [0, 0.1) is 11.6 Å². The average molecular weight is 277 g/mol. The lowest BCUT2D eigenvalue weighted by Gasteiger charge is -2.19. The Morgan fingerprint density at radius 1 is 1.05 bits per heavy atom. The molecular weight excluding hydrogens is 260 g/mol. The second-order valence-corrected chi connectivity index (χ2v) is 4.75. The van der Waals surface area contributed by atoms with Crippen LogP contribution in [0.4, 0.5) is 14.5 Å². The Morgan fingerprint density at radius 2 is 1.70 bits per heavy atom. The fraction of sp³-hybridized carbons (Fsp3) is 0.200. The maximum absolute atomic E-state index is 13.8. The summed E-state index contributed by atoms with van der Waals surface area (Å²) in [4.78, 5) is 1.96. The van der Waals surface area contributed by atoms with Crippen molar-refractivity contribution in [1.29, 1.82) is 0 Å². The summed E-state index contributed by atoms with van der Waals surface area (Å²) in [5.41, 5.74) is 4.50. The summed E-state index contributed by atoms with van der Waals surface area (Å²) < 4.78 is 27.1. The smallest absolute Gasteiger partial charge is 0.128 e. The fourth-order valence-corrected chi connectivity index (χ4v) is 2.07. The summed E-state index contributed by atoms with van der Waals surface area (Å²) in [5, 5.41) is 0. The monoisotopic (exact) mass is 277 g/mol. The van der Waals surface area contributed by atoms with Gasteiger partial charge in [-0.1, -0.05) is 12.1 Å². The Kier molecular flexibility index (Phi) is 4.32. The lowest BCUT2D eigenvalue weighted by molar-refractivity contribution is 0.545. The van der Waals surface area contributed by atoms with Gasteiger partial charge in [0.1, 0.15) is 11.6 Å². The SMILES string of the molecule is CN(C)c1ccc(C(NN)c2cc(F)ccc2F)cc1. The number of hydrogen-bond acceptors (Lipinski definition) is 3. The molecule has 2 rings (SSSR count). The zero-order chi connectivity index (χ0) is 14.7. The van der Waals surface area contributed by atoms with E-state index in [-0.39, 0.29) is 5.56 Å². The van der Waals surface area contributed by atoms with Crippen LogP contribution in [-0.4, -0.2) is 14.1 Å². The van der Waals surface area contributed by atoms with Crippen LogP contribution in [0.5, 0.6) is 0 Å². The number of hydrazine groups is 1. The van der Waals surface area contributed by atoms with Gasteiger partial charge in [0.2, 0.25) is 0 Å². The summed E-state index contributed by atoms with van der Waals surface area (Å²) in [6.07, 6.45) is 0. The van der Waals surface area contributed by atoms with Gasteiger partial charge in [0.05, 0.1) is 6.04 Å². The largest absolute Gasteiger partial charge is 0.378 e. The molecule has 0 aliphatic rings. The van der Waals surface area contributed by atoms with Gasteiger partial charge in [0.25, 0.3) is 0 Å². The van der Waals surface area contributed by atoms with Crippen molar-refractivity contribution in [3.8, 4) is 0 Å². The lowest BCUT2D eigenvalue weighted by atomic mass is 9.98. The van der Waals surface area contributed by atoms with E-state index in [0.29, 0.717) is 0 Å². The van der Waals surface area contributed by atoms with E-state index in [1.54, 1.807) is 0 Å². The number of nitrogens with zero attached hydrogens (tertiary/aromatic N) is 1. The molecule has 0 bridgehead atoms. The lowest BCUT2D eigenvalue weighted by Crippen LogP contribution is -2.29. The molecule has 0 fully saturated rings. The zero-order valence-corrected chi connectivity index (χ0v) is 11.4. The maximum Gasteiger partial charge on any atom is 0.128 e. The van der Waals surface area contributed by atoms with Crippen molar-refractivity contribution >= 4 is 5.69 Å². The quantitative estimate of drug-likeness (QED) is 0.666. The molecule has 20 heavy (non-hydrogen) atoms. The highest BCUT2D eigenvalue weighted by Gasteiger charge is 2.17. The first-order valence-corrected chi connectivity index (χ1v) is 6.21. The normalized spacial score (nSPS) is 12.2. The predicted molar refractivity (Wildman–Crippen MR) is 76.3 cm³/mol. The molecule has 0 amide bonds. The minimum Gasteiger partial charge on any atom is -0.378 e. The number of hydrogen-bond donors (Lipinski definition) is 2. The van der Waals surface area contributed by atoms with Crippen LogP contribution in [-0.2, 0) is 0 Å². The third-order valence-electron chi connectivity index (χ3n) is 3.18. The van der Waals surface area contributed by atoms with Gasteiger partial charge in [-0.05, 0) is 35.9 Å². The molecule has 1 atom stereocenters. The van der Waals surface area contributed by atoms with E-state index in [0.717, 1.165) is 29.4 Å². The van der Waals surface area contributed by atoms with E-state index >= 15 is 0 Å². The number of rotatable bonds is 4. The fourth-order valence-electron chi connectivity index (χ4n) is 2.07. The first kappa shape index (κ1) is 14.4. The van der Waals surface area contributed by atoms with Crippen LogP contribution in [0.25, 0.3) is 0 Å². The predicted octanol–water partition coefficient (Wildman–Crippen LogP) is 2.58. The van der Waals surface area contributed by atoms with Crippen molar-refractivity contribution in [2.45, 2.75) is 6.04 Å². The Labute approximate surface area is 117 Å². The van der Waals surface area contributed by atoms with Gasteiger partial charge in [0, 0.05) is 25.3 Å². The zero-order valence-electron chi connectivity index (χ0n) is 11.4. The van der Waals surface area contributed by atoms with Crippen molar-refractivity contribution in [2.75, 3.05) is 19.0 Å². The molecule has 0 radical (unpaired) electrons.